The van der Waals surface area contributed by atoms with Crippen molar-refractivity contribution in [2.45, 2.75) is 11.8 Å². The number of thioether (sulfide) groups is 1. The van der Waals surface area contributed by atoms with Crippen LogP contribution in [-0.2, 0) is 10.5 Å². The fraction of sp³-hybridized carbons (Fsp3) is 0.176. The summed E-state index contributed by atoms with van der Waals surface area (Å²) in [7, 11) is 0. The molecule has 1 amide bonds. The molecular weight excluding hydrogens is 348 g/mol. The van der Waals surface area contributed by atoms with Crippen molar-refractivity contribution in [3.8, 4) is 0 Å². The lowest BCUT2D eigenvalue weighted by Crippen LogP contribution is -2.40. The molecule has 0 fully saturated rings. The Bertz CT molecular complexity index is 780. The van der Waals surface area contributed by atoms with Crippen LogP contribution in [0.25, 0.3) is 0 Å². The predicted molar refractivity (Wildman–Crippen MR) is 97.1 cm³/mol. The van der Waals surface area contributed by atoms with E-state index in [4.69, 9.17) is 16.7 Å². The molecule has 0 radical (unpaired) electrons. The number of nitrogens with one attached hydrogen (secondary N) is 2. The third-order valence-corrected chi connectivity index (χ3v) is 5.00. The van der Waals surface area contributed by atoms with E-state index in [1.54, 1.807) is 17.8 Å². The highest BCUT2D eigenvalue weighted by Crippen LogP contribution is 2.29. The van der Waals surface area contributed by atoms with Crippen LogP contribution in [-0.4, -0.2) is 28.8 Å². The van der Waals surface area contributed by atoms with Gasteiger partial charge in [-0.25, -0.2) is 4.79 Å². The fourth-order valence-electron chi connectivity index (χ4n) is 2.37. The van der Waals surface area contributed by atoms with Crippen LogP contribution in [0, 0.1) is 0 Å². The van der Waals surface area contributed by atoms with Crippen molar-refractivity contribution in [3.63, 3.8) is 0 Å². The van der Waals surface area contributed by atoms with Gasteiger partial charge in [0.25, 0.3) is 0 Å². The number of anilines is 2. The first-order chi connectivity index (χ1) is 11.5. The van der Waals surface area contributed by atoms with Crippen molar-refractivity contribution in [2.24, 2.45) is 0 Å². The molecule has 1 aliphatic rings. The van der Waals surface area contributed by atoms with Crippen molar-refractivity contribution in [1.82, 2.24) is 0 Å². The number of halogens is 1. The number of carbonyl (C=O) groups is 2. The third kappa shape index (κ3) is 3.83. The molecule has 0 bridgehead atoms. The zero-order chi connectivity index (χ0) is 17.1. The Labute approximate surface area is 148 Å². The molecular formula is C17H15ClN2O3S. The van der Waals surface area contributed by atoms with Gasteiger partial charge in [-0.05, 0) is 35.9 Å². The number of rotatable bonds is 5. The highest BCUT2D eigenvalue weighted by Gasteiger charge is 2.25. The minimum Gasteiger partial charge on any atom is -0.478 e. The molecule has 1 atom stereocenters. The maximum Gasteiger partial charge on any atom is 0.335 e. The monoisotopic (exact) mass is 362 g/mol. The van der Waals surface area contributed by atoms with Gasteiger partial charge in [0, 0.05) is 16.5 Å². The first-order valence-electron chi connectivity index (χ1n) is 7.30. The second kappa shape index (κ2) is 7.15. The van der Waals surface area contributed by atoms with Crippen LogP contribution in [0.15, 0.2) is 42.5 Å². The third-order valence-electron chi connectivity index (χ3n) is 3.64. The molecule has 0 aliphatic carbocycles. The van der Waals surface area contributed by atoms with Crippen LogP contribution < -0.4 is 10.6 Å². The van der Waals surface area contributed by atoms with Gasteiger partial charge in [-0.3, -0.25) is 4.79 Å². The van der Waals surface area contributed by atoms with Crippen LogP contribution >= 0.6 is 23.4 Å². The first kappa shape index (κ1) is 16.7. The molecule has 1 aliphatic heterocycles. The van der Waals surface area contributed by atoms with Gasteiger partial charge in [0.05, 0.1) is 16.9 Å². The minimum absolute atomic E-state index is 0.145. The van der Waals surface area contributed by atoms with Gasteiger partial charge in [0.15, 0.2) is 0 Å². The van der Waals surface area contributed by atoms with Crippen LogP contribution in [0.2, 0.25) is 5.02 Å². The molecule has 0 aromatic heterocycles. The average Bonchev–Trinajstić information content (AvgIpc) is 2.56. The molecule has 2 aromatic rings. The summed E-state index contributed by atoms with van der Waals surface area (Å²) in [6, 6.07) is 11.9. The molecule has 24 heavy (non-hydrogen) atoms. The maximum atomic E-state index is 12.2. The number of carboxylic acid groups (broad SMARTS) is 1. The second-order valence-corrected chi connectivity index (χ2v) is 6.86. The zero-order valence-electron chi connectivity index (χ0n) is 12.6. The van der Waals surface area contributed by atoms with Gasteiger partial charge in [-0.1, -0.05) is 23.7 Å². The Morgan fingerprint density at radius 2 is 1.92 bits per heavy atom. The molecule has 5 nitrogen and oxygen atoms in total. The number of carbonyl (C=O) groups excluding carboxylic acids is 1. The summed E-state index contributed by atoms with van der Waals surface area (Å²) in [4.78, 5) is 23.2. The van der Waals surface area contributed by atoms with E-state index in [0.29, 0.717) is 16.5 Å². The largest absolute Gasteiger partial charge is 0.478 e. The molecule has 0 saturated heterocycles. The fourth-order valence-corrected chi connectivity index (χ4v) is 3.51. The number of aromatic carboxylic acids is 1. The zero-order valence-corrected chi connectivity index (χ0v) is 14.2. The topological polar surface area (TPSA) is 78.4 Å². The van der Waals surface area contributed by atoms with E-state index in [2.05, 4.69) is 10.6 Å². The molecule has 124 valence electrons. The number of fused-ring (bicyclic) bond motifs is 1. The number of carboxylic acids is 1. The lowest BCUT2D eigenvalue weighted by atomic mass is 10.1. The van der Waals surface area contributed by atoms with Crippen molar-refractivity contribution in [1.29, 1.82) is 0 Å². The van der Waals surface area contributed by atoms with Gasteiger partial charge in [0.1, 0.15) is 6.04 Å². The van der Waals surface area contributed by atoms with Gasteiger partial charge in [-0.15, -0.1) is 0 Å². The summed E-state index contributed by atoms with van der Waals surface area (Å²) in [5, 5.41) is 15.6. The molecule has 2 aromatic carbocycles. The van der Waals surface area contributed by atoms with Crippen LogP contribution in [0.5, 0.6) is 0 Å². The summed E-state index contributed by atoms with van der Waals surface area (Å²) in [5.74, 6) is 0.212. The summed E-state index contributed by atoms with van der Waals surface area (Å²) < 4.78 is 0. The molecule has 3 rings (SSSR count). The number of hydrogen-bond donors (Lipinski definition) is 3. The lowest BCUT2D eigenvalue weighted by molar-refractivity contribution is -0.116. The van der Waals surface area contributed by atoms with Crippen molar-refractivity contribution in [3.05, 3.63) is 58.6 Å². The normalized spacial score (nSPS) is 16.0. The van der Waals surface area contributed by atoms with Crippen molar-refractivity contribution in [2.75, 3.05) is 16.4 Å². The SMILES string of the molecule is O=C(O)c1ccc2c(c1)NC(=O)C(CSCc1ccc(Cl)cc1)N2. The van der Waals surface area contributed by atoms with E-state index in [1.165, 1.54) is 12.1 Å². The van der Waals surface area contributed by atoms with E-state index in [-0.39, 0.29) is 17.5 Å². The van der Waals surface area contributed by atoms with Gasteiger partial charge in [0.2, 0.25) is 5.91 Å². The quantitative estimate of drug-likeness (QED) is 0.755. The van der Waals surface area contributed by atoms with Crippen LogP contribution in [0.1, 0.15) is 15.9 Å². The first-order valence-corrected chi connectivity index (χ1v) is 8.83. The molecule has 7 heteroatoms. The van der Waals surface area contributed by atoms with Gasteiger partial charge in [-0.2, -0.15) is 11.8 Å². The highest BCUT2D eigenvalue weighted by molar-refractivity contribution is 7.98. The Morgan fingerprint density at radius 3 is 2.62 bits per heavy atom. The lowest BCUT2D eigenvalue weighted by Gasteiger charge is -2.26. The summed E-state index contributed by atoms with van der Waals surface area (Å²) >= 11 is 7.50. The Kier molecular flexibility index (Phi) is 4.97. The maximum absolute atomic E-state index is 12.2. The summed E-state index contributed by atoms with van der Waals surface area (Å²) in [6.07, 6.45) is 0. The van der Waals surface area contributed by atoms with Gasteiger partial charge < -0.3 is 15.7 Å². The average molecular weight is 363 g/mol. The number of amides is 1. The standard InChI is InChI=1S/C17H15ClN2O3S/c18-12-4-1-10(2-5-12)8-24-9-15-16(21)20-14-7-11(17(22)23)3-6-13(14)19-15/h1-7,15,19H,8-9H2,(H,20,21)(H,22,23). The Morgan fingerprint density at radius 1 is 1.17 bits per heavy atom. The predicted octanol–water partition coefficient (Wildman–Crippen LogP) is 3.70. The minimum atomic E-state index is -1.02. The van der Waals surface area contributed by atoms with Crippen molar-refractivity contribution < 1.29 is 14.7 Å². The Hall–Kier alpha value is -2.18. The molecule has 1 heterocycles. The van der Waals surface area contributed by atoms with E-state index >= 15 is 0 Å². The van der Waals surface area contributed by atoms with E-state index in [1.807, 2.05) is 24.3 Å². The molecule has 0 spiro atoms. The van der Waals surface area contributed by atoms with Crippen LogP contribution in [0.3, 0.4) is 0 Å². The van der Waals surface area contributed by atoms with E-state index in [9.17, 15) is 9.59 Å². The highest BCUT2D eigenvalue weighted by atomic mass is 35.5. The van der Waals surface area contributed by atoms with E-state index in [0.717, 1.165) is 17.0 Å². The van der Waals surface area contributed by atoms with Crippen molar-refractivity contribution >= 4 is 46.6 Å². The smallest absolute Gasteiger partial charge is 0.335 e. The summed E-state index contributed by atoms with van der Waals surface area (Å²) in [5.41, 5.74) is 2.52. The van der Waals surface area contributed by atoms with Crippen LogP contribution in [0.4, 0.5) is 11.4 Å². The number of benzene rings is 2. The molecule has 0 saturated carbocycles. The summed E-state index contributed by atoms with van der Waals surface area (Å²) in [6.45, 7) is 0. The molecule has 1 unspecified atom stereocenters. The molecule has 3 N–H and O–H groups in total. The Balaban J connectivity index is 1.60. The number of hydrogen-bond acceptors (Lipinski definition) is 4. The van der Waals surface area contributed by atoms with Gasteiger partial charge >= 0.3 is 5.97 Å². The second-order valence-electron chi connectivity index (χ2n) is 5.39. The van der Waals surface area contributed by atoms with E-state index < -0.39 is 5.97 Å².